The van der Waals surface area contributed by atoms with E-state index < -0.39 is 15.9 Å². The van der Waals surface area contributed by atoms with Gasteiger partial charge in [0.05, 0.1) is 32.3 Å². The molecule has 0 bridgehead atoms. The lowest BCUT2D eigenvalue weighted by molar-refractivity contribution is -0.115. The van der Waals surface area contributed by atoms with Gasteiger partial charge >= 0.3 is 0 Å². The number of rotatable bonds is 7. The first-order chi connectivity index (χ1) is 15.8. The highest BCUT2D eigenvalue weighted by molar-refractivity contribution is 7.89. The molecule has 0 unspecified atom stereocenters. The molecule has 176 valence electrons. The number of carbonyl (C=O) groups is 1. The monoisotopic (exact) mass is 491 g/mol. The molecular weight excluding hydrogens is 466 g/mol. The van der Waals surface area contributed by atoms with Crippen LogP contribution < -0.4 is 20.1 Å². The van der Waals surface area contributed by atoms with E-state index in [2.05, 4.69) is 10.6 Å². The molecule has 0 radical (unpaired) electrons. The summed E-state index contributed by atoms with van der Waals surface area (Å²) in [7, 11) is -0.491. The zero-order valence-electron chi connectivity index (χ0n) is 18.2. The molecule has 0 aliphatic carbocycles. The molecule has 2 aromatic carbocycles. The van der Waals surface area contributed by atoms with Gasteiger partial charge in [-0.2, -0.15) is 4.31 Å². The van der Waals surface area contributed by atoms with E-state index >= 15 is 0 Å². The third-order valence-electron chi connectivity index (χ3n) is 4.79. The minimum absolute atomic E-state index is 0.0840. The first-order valence-electron chi connectivity index (χ1n) is 10.0. The molecule has 0 saturated carbocycles. The number of benzene rings is 2. The van der Waals surface area contributed by atoms with Crippen molar-refractivity contribution < 1.29 is 27.4 Å². The summed E-state index contributed by atoms with van der Waals surface area (Å²) in [4.78, 5) is 12.4. The zero-order chi connectivity index (χ0) is 23.8. The average Bonchev–Trinajstić information content (AvgIpc) is 2.83. The summed E-state index contributed by atoms with van der Waals surface area (Å²) >= 11 is 5.17. The Balaban J connectivity index is 1.56. The summed E-state index contributed by atoms with van der Waals surface area (Å²) < 4.78 is 42.4. The van der Waals surface area contributed by atoms with Crippen LogP contribution in [0, 0.1) is 0 Å². The van der Waals surface area contributed by atoms with Gasteiger partial charge in [0, 0.05) is 24.9 Å². The standard InChI is InChI=1S/C22H25N3O6S2/c1-29-19-9-3-16(15-20(19)30-2)4-10-21(26)24-22(32)23-17-5-7-18(8-6-17)33(27,28)25-11-13-31-14-12-25/h3-10,15H,11-14H2,1-2H3,(H2,23,24,26,32)/b10-4+. The van der Waals surface area contributed by atoms with Gasteiger partial charge in [0.15, 0.2) is 16.6 Å². The van der Waals surface area contributed by atoms with E-state index in [-0.39, 0.29) is 10.0 Å². The van der Waals surface area contributed by atoms with Gasteiger partial charge in [-0.25, -0.2) is 8.42 Å². The number of ether oxygens (including phenoxy) is 3. The lowest BCUT2D eigenvalue weighted by Gasteiger charge is -2.26. The Morgan fingerprint density at radius 3 is 2.36 bits per heavy atom. The van der Waals surface area contributed by atoms with Crippen LogP contribution in [-0.2, 0) is 19.6 Å². The second kappa shape index (κ2) is 11.2. The molecule has 0 spiro atoms. The van der Waals surface area contributed by atoms with Crippen molar-refractivity contribution in [1.29, 1.82) is 0 Å². The number of nitrogens with zero attached hydrogens (tertiary/aromatic N) is 1. The summed E-state index contributed by atoms with van der Waals surface area (Å²) in [5, 5.41) is 5.49. The smallest absolute Gasteiger partial charge is 0.250 e. The highest BCUT2D eigenvalue weighted by Gasteiger charge is 2.26. The Bertz CT molecular complexity index is 1130. The van der Waals surface area contributed by atoms with E-state index in [1.165, 1.54) is 29.6 Å². The second-order valence-corrected chi connectivity index (χ2v) is 9.28. The summed E-state index contributed by atoms with van der Waals surface area (Å²) in [5.41, 5.74) is 1.30. The number of sulfonamides is 1. The second-order valence-electron chi connectivity index (χ2n) is 6.93. The Morgan fingerprint density at radius 2 is 1.73 bits per heavy atom. The number of anilines is 1. The topological polar surface area (TPSA) is 106 Å². The molecule has 2 N–H and O–H groups in total. The van der Waals surface area contributed by atoms with Crippen LogP contribution in [0.2, 0.25) is 0 Å². The maximum Gasteiger partial charge on any atom is 0.250 e. The van der Waals surface area contributed by atoms with E-state index in [4.69, 9.17) is 26.4 Å². The normalized spacial score (nSPS) is 14.6. The highest BCUT2D eigenvalue weighted by atomic mass is 32.2. The first-order valence-corrected chi connectivity index (χ1v) is 11.9. The molecule has 1 aliphatic rings. The Morgan fingerprint density at radius 1 is 1.06 bits per heavy atom. The molecule has 1 aliphatic heterocycles. The third-order valence-corrected chi connectivity index (χ3v) is 6.91. The maximum absolute atomic E-state index is 12.7. The van der Waals surface area contributed by atoms with Crippen LogP contribution in [0.25, 0.3) is 6.08 Å². The number of hydrogen-bond donors (Lipinski definition) is 2. The third kappa shape index (κ3) is 6.51. The first kappa shape index (κ1) is 24.6. The predicted molar refractivity (Wildman–Crippen MR) is 129 cm³/mol. The molecule has 0 atom stereocenters. The molecule has 1 amide bonds. The van der Waals surface area contributed by atoms with Gasteiger partial charge in [-0.1, -0.05) is 6.07 Å². The van der Waals surface area contributed by atoms with E-state index in [9.17, 15) is 13.2 Å². The van der Waals surface area contributed by atoms with Crippen LogP contribution in [0.4, 0.5) is 5.69 Å². The number of hydrogen-bond acceptors (Lipinski definition) is 7. The molecule has 1 saturated heterocycles. The van der Waals surface area contributed by atoms with Gasteiger partial charge in [0.1, 0.15) is 0 Å². The van der Waals surface area contributed by atoms with Gasteiger partial charge in [0.2, 0.25) is 15.9 Å². The fourth-order valence-electron chi connectivity index (χ4n) is 3.09. The van der Waals surface area contributed by atoms with Gasteiger partial charge in [-0.05, 0) is 60.3 Å². The van der Waals surface area contributed by atoms with E-state index in [0.29, 0.717) is 43.5 Å². The Hall–Kier alpha value is -2.99. The van der Waals surface area contributed by atoms with Gasteiger partial charge in [-0.3, -0.25) is 10.1 Å². The lowest BCUT2D eigenvalue weighted by atomic mass is 10.2. The molecule has 9 nitrogen and oxygen atoms in total. The summed E-state index contributed by atoms with van der Waals surface area (Å²) in [6, 6.07) is 11.4. The van der Waals surface area contributed by atoms with Crippen LogP contribution in [0.3, 0.4) is 0 Å². The molecule has 0 aromatic heterocycles. The average molecular weight is 492 g/mol. The van der Waals surface area contributed by atoms with Crippen molar-refractivity contribution in [2.24, 2.45) is 0 Å². The Labute approximate surface area is 198 Å². The predicted octanol–water partition coefficient (Wildman–Crippen LogP) is 2.25. The van der Waals surface area contributed by atoms with Crippen molar-refractivity contribution in [1.82, 2.24) is 9.62 Å². The number of thiocarbonyl (C=S) groups is 1. The maximum atomic E-state index is 12.7. The van der Waals surface area contributed by atoms with Gasteiger partial charge < -0.3 is 19.5 Å². The molecule has 2 aromatic rings. The van der Waals surface area contributed by atoms with Crippen LogP contribution in [0.1, 0.15) is 5.56 Å². The van der Waals surface area contributed by atoms with Crippen LogP contribution in [-0.4, -0.2) is 64.3 Å². The Kier molecular flexibility index (Phi) is 8.39. The number of amides is 1. The minimum atomic E-state index is -3.57. The van der Waals surface area contributed by atoms with E-state index in [0.717, 1.165) is 5.56 Å². The van der Waals surface area contributed by atoms with Crippen LogP contribution in [0.5, 0.6) is 11.5 Å². The lowest BCUT2D eigenvalue weighted by Crippen LogP contribution is -2.40. The fraction of sp³-hybridized carbons (Fsp3) is 0.273. The van der Waals surface area contributed by atoms with Crippen molar-refractivity contribution >= 4 is 45.0 Å². The van der Waals surface area contributed by atoms with Crippen LogP contribution in [0.15, 0.2) is 53.4 Å². The number of morpholine rings is 1. The minimum Gasteiger partial charge on any atom is -0.493 e. The van der Waals surface area contributed by atoms with Crippen molar-refractivity contribution in [3.8, 4) is 11.5 Å². The molecule has 1 fully saturated rings. The summed E-state index contributed by atoms with van der Waals surface area (Å²) in [6.07, 6.45) is 2.96. The molecular formula is C22H25N3O6S2. The number of carbonyl (C=O) groups excluding carboxylic acids is 1. The quantitative estimate of drug-likeness (QED) is 0.449. The van der Waals surface area contributed by atoms with Crippen molar-refractivity contribution in [3.05, 3.63) is 54.1 Å². The molecule has 33 heavy (non-hydrogen) atoms. The van der Waals surface area contributed by atoms with Crippen molar-refractivity contribution in [3.63, 3.8) is 0 Å². The molecule has 1 heterocycles. The largest absolute Gasteiger partial charge is 0.493 e. The zero-order valence-corrected chi connectivity index (χ0v) is 19.9. The van der Waals surface area contributed by atoms with Crippen LogP contribution >= 0.6 is 12.2 Å². The molecule has 3 rings (SSSR count). The van der Waals surface area contributed by atoms with E-state index in [1.807, 2.05) is 0 Å². The fourth-order valence-corrected chi connectivity index (χ4v) is 4.72. The summed E-state index contributed by atoms with van der Waals surface area (Å²) in [6.45, 7) is 1.42. The van der Waals surface area contributed by atoms with E-state index in [1.54, 1.807) is 43.5 Å². The number of methoxy groups -OCH3 is 2. The highest BCUT2D eigenvalue weighted by Crippen LogP contribution is 2.28. The van der Waals surface area contributed by atoms with Crippen molar-refractivity contribution in [2.45, 2.75) is 4.90 Å². The van der Waals surface area contributed by atoms with Gasteiger partial charge in [0.25, 0.3) is 0 Å². The van der Waals surface area contributed by atoms with Gasteiger partial charge in [-0.15, -0.1) is 0 Å². The SMILES string of the molecule is COc1ccc(/C=C/C(=O)NC(=S)Nc2ccc(S(=O)(=O)N3CCOCC3)cc2)cc1OC. The summed E-state index contributed by atoms with van der Waals surface area (Å²) in [5.74, 6) is 0.721. The van der Waals surface area contributed by atoms with Crippen molar-refractivity contribution in [2.75, 3.05) is 45.8 Å². The molecule has 11 heteroatoms. The number of nitrogens with one attached hydrogen (secondary N) is 2.